The molecule has 0 saturated heterocycles. The SMILES string of the molecule is Cc1cccc(C)c1OCCOc1ccc(Cl)c(N)c1. The minimum atomic E-state index is 0.453. The Morgan fingerprint density at radius 3 is 2.30 bits per heavy atom. The number of nitrogens with two attached hydrogens (primary N) is 1. The Kier molecular flexibility index (Phi) is 4.74. The average molecular weight is 292 g/mol. The Labute approximate surface area is 124 Å². The van der Waals surface area contributed by atoms with Crippen LogP contribution in [0, 0.1) is 13.8 Å². The fourth-order valence-electron chi connectivity index (χ4n) is 1.94. The Morgan fingerprint density at radius 1 is 1.00 bits per heavy atom. The second kappa shape index (κ2) is 6.53. The Balaban J connectivity index is 1.86. The van der Waals surface area contributed by atoms with Crippen molar-refractivity contribution in [2.24, 2.45) is 0 Å². The molecule has 0 aromatic heterocycles. The minimum absolute atomic E-state index is 0.453. The quantitative estimate of drug-likeness (QED) is 0.669. The normalized spacial score (nSPS) is 10.3. The van der Waals surface area contributed by atoms with E-state index >= 15 is 0 Å². The van der Waals surface area contributed by atoms with Crippen LogP contribution in [0.4, 0.5) is 5.69 Å². The van der Waals surface area contributed by atoms with Gasteiger partial charge in [-0.2, -0.15) is 0 Å². The molecule has 0 heterocycles. The van der Waals surface area contributed by atoms with E-state index in [0.717, 1.165) is 16.9 Å². The molecule has 0 radical (unpaired) electrons. The van der Waals surface area contributed by atoms with Gasteiger partial charge in [-0.15, -0.1) is 0 Å². The topological polar surface area (TPSA) is 44.5 Å². The summed E-state index contributed by atoms with van der Waals surface area (Å²) in [5.41, 5.74) is 8.48. The van der Waals surface area contributed by atoms with Gasteiger partial charge in [0.15, 0.2) is 0 Å². The van der Waals surface area contributed by atoms with Gasteiger partial charge in [0.2, 0.25) is 0 Å². The van der Waals surface area contributed by atoms with Crippen molar-refractivity contribution in [3.05, 3.63) is 52.5 Å². The molecule has 2 rings (SSSR count). The number of hydrogen-bond acceptors (Lipinski definition) is 3. The molecule has 3 nitrogen and oxygen atoms in total. The van der Waals surface area contributed by atoms with Gasteiger partial charge in [0.1, 0.15) is 24.7 Å². The lowest BCUT2D eigenvalue weighted by atomic mass is 10.1. The second-order valence-electron chi connectivity index (χ2n) is 4.60. The molecular formula is C16H18ClNO2. The van der Waals surface area contributed by atoms with Crippen molar-refractivity contribution in [2.45, 2.75) is 13.8 Å². The molecule has 0 aliphatic carbocycles. The molecule has 0 aliphatic heterocycles. The summed E-state index contributed by atoms with van der Waals surface area (Å²) in [6.45, 7) is 5.00. The van der Waals surface area contributed by atoms with Gasteiger partial charge in [-0.3, -0.25) is 0 Å². The van der Waals surface area contributed by atoms with Crippen molar-refractivity contribution in [3.8, 4) is 11.5 Å². The first-order chi connectivity index (χ1) is 9.58. The maximum absolute atomic E-state index is 5.85. The summed E-state index contributed by atoms with van der Waals surface area (Å²) < 4.78 is 11.3. The van der Waals surface area contributed by atoms with E-state index in [1.165, 1.54) is 0 Å². The van der Waals surface area contributed by atoms with E-state index in [-0.39, 0.29) is 0 Å². The molecule has 0 saturated carbocycles. The van der Waals surface area contributed by atoms with Crippen molar-refractivity contribution < 1.29 is 9.47 Å². The van der Waals surface area contributed by atoms with E-state index in [1.807, 2.05) is 32.0 Å². The average Bonchev–Trinajstić information content (AvgIpc) is 2.41. The number of anilines is 1. The number of aryl methyl sites for hydroxylation is 2. The highest BCUT2D eigenvalue weighted by Gasteiger charge is 2.03. The van der Waals surface area contributed by atoms with Crippen LogP contribution in [0.3, 0.4) is 0 Å². The first kappa shape index (κ1) is 14.5. The first-order valence-electron chi connectivity index (χ1n) is 6.45. The van der Waals surface area contributed by atoms with Gasteiger partial charge in [0, 0.05) is 6.07 Å². The predicted molar refractivity (Wildman–Crippen MR) is 82.8 cm³/mol. The van der Waals surface area contributed by atoms with Crippen LogP contribution < -0.4 is 15.2 Å². The zero-order chi connectivity index (χ0) is 14.5. The highest BCUT2D eigenvalue weighted by Crippen LogP contribution is 2.24. The van der Waals surface area contributed by atoms with Crippen LogP contribution in [0.1, 0.15) is 11.1 Å². The summed E-state index contributed by atoms with van der Waals surface area (Å²) in [5.74, 6) is 1.61. The van der Waals surface area contributed by atoms with Crippen LogP contribution in [0.25, 0.3) is 0 Å². The molecule has 2 N–H and O–H groups in total. The third-order valence-corrected chi connectivity index (χ3v) is 3.32. The number of nitrogen functional groups attached to an aromatic ring is 1. The fourth-order valence-corrected chi connectivity index (χ4v) is 2.06. The number of para-hydroxylation sites is 1. The molecule has 2 aromatic carbocycles. The lowest BCUT2D eigenvalue weighted by molar-refractivity contribution is 0.215. The van der Waals surface area contributed by atoms with Crippen LogP contribution in [0.5, 0.6) is 11.5 Å². The van der Waals surface area contributed by atoms with E-state index in [0.29, 0.717) is 29.7 Å². The Bertz CT molecular complexity index is 579. The molecule has 0 unspecified atom stereocenters. The van der Waals surface area contributed by atoms with E-state index in [4.69, 9.17) is 26.8 Å². The van der Waals surface area contributed by atoms with E-state index in [2.05, 4.69) is 0 Å². The summed E-state index contributed by atoms with van der Waals surface area (Å²) in [6, 6.07) is 11.3. The summed E-state index contributed by atoms with van der Waals surface area (Å²) in [5, 5.41) is 0.532. The van der Waals surface area contributed by atoms with Crippen molar-refractivity contribution in [1.82, 2.24) is 0 Å². The molecule has 0 amide bonds. The number of hydrogen-bond donors (Lipinski definition) is 1. The molecule has 20 heavy (non-hydrogen) atoms. The van der Waals surface area contributed by atoms with Gasteiger partial charge in [-0.1, -0.05) is 29.8 Å². The maximum atomic E-state index is 5.85. The maximum Gasteiger partial charge on any atom is 0.125 e. The molecule has 0 spiro atoms. The Morgan fingerprint density at radius 2 is 1.65 bits per heavy atom. The molecule has 4 heteroatoms. The number of halogens is 1. The number of benzene rings is 2. The Hall–Kier alpha value is -1.87. The predicted octanol–water partition coefficient (Wildman–Crippen LogP) is 4.00. The lowest BCUT2D eigenvalue weighted by Gasteiger charge is -2.12. The highest BCUT2D eigenvalue weighted by molar-refractivity contribution is 6.33. The van der Waals surface area contributed by atoms with Crippen LogP contribution in [0.15, 0.2) is 36.4 Å². The zero-order valence-corrected chi connectivity index (χ0v) is 12.4. The minimum Gasteiger partial charge on any atom is -0.490 e. The van der Waals surface area contributed by atoms with Gasteiger partial charge in [0.05, 0.1) is 10.7 Å². The largest absolute Gasteiger partial charge is 0.490 e. The van der Waals surface area contributed by atoms with Crippen molar-refractivity contribution in [1.29, 1.82) is 0 Å². The molecule has 106 valence electrons. The summed E-state index contributed by atoms with van der Waals surface area (Å²) >= 11 is 5.85. The highest BCUT2D eigenvalue weighted by atomic mass is 35.5. The third-order valence-electron chi connectivity index (χ3n) is 2.97. The van der Waals surface area contributed by atoms with Crippen LogP contribution in [-0.2, 0) is 0 Å². The van der Waals surface area contributed by atoms with Crippen LogP contribution in [-0.4, -0.2) is 13.2 Å². The van der Waals surface area contributed by atoms with Crippen LogP contribution >= 0.6 is 11.6 Å². The molecule has 2 aromatic rings. The monoisotopic (exact) mass is 291 g/mol. The number of ether oxygens (including phenoxy) is 2. The fraction of sp³-hybridized carbons (Fsp3) is 0.250. The lowest BCUT2D eigenvalue weighted by Crippen LogP contribution is -2.10. The molecule has 0 aliphatic rings. The van der Waals surface area contributed by atoms with Gasteiger partial charge < -0.3 is 15.2 Å². The van der Waals surface area contributed by atoms with Gasteiger partial charge in [-0.25, -0.2) is 0 Å². The summed E-state index contributed by atoms with van der Waals surface area (Å²) in [4.78, 5) is 0. The molecular weight excluding hydrogens is 274 g/mol. The third kappa shape index (κ3) is 3.58. The molecule has 0 atom stereocenters. The standard InChI is InChI=1S/C16H18ClNO2/c1-11-4-3-5-12(2)16(11)20-9-8-19-13-6-7-14(17)15(18)10-13/h3-7,10H,8-9,18H2,1-2H3. The zero-order valence-electron chi connectivity index (χ0n) is 11.7. The molecule has 0 fully saturated rings. The van der Waals surface area contributed by atoms with E-state index in [9.17, 15) is 0 Å². The summed E-state index contributed by atoms with van der Waals surface area (Å²) in [6.07, 6.45) is 0. The van der Waals surface area contributed by atoms with Crippen LogP contribution in [0.2, 0.25) is 5.02 Å². The van der Waals surface area contributed by atoms with Crippen molar-refractivity contribution in [3.63, 3.8) is 0 Å². The first-order valence-corrected chi connectivity index (χ1v) is 6.82. The smallest absolute Gasteiger partial charge is 0.125 e. The molecule has 0 bridgehead atoms. The van der Waals surface area contributed by atoms with Gasteiger partial charge in [0.25, 0.3) is 0 Å². The van der Waals surface area contributed by atoms with Crippen molar-refractivity contribution >= 4 is 17.3 Å². The van der Waals surface area contributed by atoms with Crippen molar-refractivity contribution in [2.75, 3.05) is 18.9 Å². The van der Waals surface area contributed by atoms with Gasteiger partial charge in [-0.05, 0) is 37.1 Å². The summed E-state index contributed by atoms with van der Waals surface area (Å²) in [7, 11) is 0. The number of rotatable bonds is 5. The van der Waals surface area contributed by atoms with Gasteiger partial charge >= 0.3 is 0 Å². The second-order valence-corrected chi connectivity index (χ2v) is 5.01. The van der Waals surface area contributed by atoms with E-state index in [1.54, 1.807) is 18.2 Å². The van der Waals surface area contributed by atoms with E-state index < -0.39 is 0 Å².